The van der Waals surface area contributed by atoms with Gasteiger partial charge in [-0.1, -0.05) is 15.9 Å². The number of carbonyl (C=O) groups excluding carboxylic acids is 1. The molecule has 0 bridgehead atoms. The zero-order valence-electron chi connectivity index (χ0n) is 7.56. The molecule has 1 amide bonds. The zero-order valence-corrected chi connectivity index (χ0v) is 9.14. The molecule has 2 heterocycles. The van der Waals surface area contributed by atoms with Crippen LogP contribution in [0.15, 0.2) is 18.5 Å². The average Bonchev–Trinajstić information content (AvgIpc) is 2.61. The van der Waals surface area contributed by atoms with Crippen LogP contribution < -0.4 is 4.90 Å². The van der Waals surface area contributed by atoms with E-state index in [0.29, 0.717) is 12.3 Å². The normalized spacial score (nSPS) is 21.6. The molecule has 74 valence electrons. The van der Waals surface area contributed by atoms with Gasteiger partial charge >= 0.3 is 0 Å². The van der Waals surface area contributed by atoms with E-state index in [1.165, 1.54) is 0 Å². The van der Waals surface area contributed by atoms with Crippen LogP contribution in [0.1, 0.15) is 6.42 Å². The summed E-state index contributed by atoms with van der Waals surface area (Å²) in [6, 6.07) is 1.81. The van der Waals surface area contributed by atoms with Gasteiger partial charge in [-0.2, -0.15) is 10.2 Å². The molecule has 0 N–H and O–H groups in total. The molecule has 1 fully saturated rings. The van der Waals surface area contributed by atoms with Crippen LogP contribution in [-0.4, -0.2) is 28.0 Å². The minimum Gasteiger partial charge on any atom is -0.310 e. The third kappa shape index (κ3) is 1.77. The Balaban J connectivity index is 2.17. The van der Waals surface area contributed by atoms with Gasteiger partial charge in [-0.15, -0.1) is 0 Å². The van der Waals surface area contributed by atoms with Crippen molar-refractivity contribution in [2.24, 2.45) is 5.92 Å². The second kappa shape index (κ2) is 4.04. The second-order valence-corrected chi connectivity index (χ2v) is 3.98. The number of carbonyl (C=O) groups is 1. The molecule has 0 saturated carbocycles. The zero-order chi connectivity index (χ0) is 9.97. The van der Waals surface area contributed by atoms with Gasteiger partial charge in [0.1, 0.15) is 0 Å². The van der Waals surface area contributed by atoms with E-state index in [1.54, 1.807) is 17.3 Å². The lowest BCUT2D eigenvalue weighted by molar-refractivity contribution is -0.117. The summed E-state index contributed by atoms with van der Waals surface area (Å²) in [7, 11) is 0. The van der Waals surface area contributed by atoms with Crippen LogP contribution in [0.2, 0.25) is 0 Å². The van der Waals surface area contributed by atoms with Gasteiger partial charge < -0.3 is 4.90 Å². The lowest BCUT2D eigenvalue weighted by atomic mass is 10.2. The highest BCUT2D eigenvalue weighted by molar-refractivity contribution is 9.09. The second-order valence-electron chi connectivity index (χ2n) is 3.33. The minimum absolute atomic E-state index is 0.169. The Morgan fingerprint density at radius 1 is 1.57 bits per heavy atom. The van der Waals surface area contributed by atoms with Gasteiger partial charge in [0.15, 0.2) is 0 Å². The van der Waals surface area contributed by atoms with E-state index in [2.05, 4.69) is 26.1 Å². The molecule has 1 saturated heterocycles. The quantitative estimate of drug-likeness (QED) is 0.747. The van der Waals surface area contributed by atoms with Crippen molar-refractivity contribution in [3.05, 3.63) is 18.5 Å². The Bertz CT molecular complexity index is 330. The van der Waals surface area contributed by atoms with Gasteiger partial charge in [-0.05, 0) is 12.0 Å². The fourth-order valence-electron chi connectivity index (χ4n) is 1.58. The summed E-state index contributed by atoms with van der Waals surface area (Å²) in [6.45, 7) is 0.774. The largest absolute Gasteiger partial charge is 0.310 e. The van der Waals surface area contributed by atoms with Crippen LogP contribution in [0.25, 0.3) is 0 Å². The van der Waals surface area contributed by atoms with Crippen LogP contribution in [0, 0.1) is 5.92 Å². The van der Waals surface area contributed by atoms with E-state index in [0.717, 1.165) is 17.6 Å². The van der Waals surface area contributed by atoms with Crippen molar-refractivity contribution in [1.29, 1.82) is 0 Å². The molecule has 0 spiro atoms. The molecular weight excluding hydrogens is 246 g/mol. The number of halogens is 1. The van der Waals surface area contributed by atoms with Gasteiger partial charge in [0.05, 0.1) is 18.1 Å². The van der Waals surface area contributed by atoms with E-state index >= 15 is 0 Å². The van der Waals surface area contributed by atoms with Gasteiger partial charge in [0.25, 0.3) is 0 Å². The average molecular weight is 256 g/mol. The number of amides is 1. The summed E-state index contributed by atoms with van der Waals surface area (Å²) in [4.78, 5) is 13.4. The standard InChI is InChI=1S/C9H10BrN3O/c10-4-7-3-9(14)13(6-7)8-1-2-11-12-5-8/h1-2,5,7H,3-4,6H2. The van der Waals surface area contributed by atoms with Crippen LogP contribution in [0.3, 0.4) is 0 Å². The minimum atomic E-state index is 0.169. The molecule has 0 aromatic carbocycles. The molecule has 2 rings (SSSR count). The number of aromatic nitrogens is 2. The van der Waals surface area contributed by atoms with Crippen molar-refractivity contribution >= 4 is 27.5 Å². The van der Waals surface area contributed by atoms with Crippen LogP contribution in [-0.2, 0) is 4.79 Å². The first kappa shape index (κ1) is 9.58. The highest BCUT2D eigenvalue weighted by Crippen LogP contribution is 2.24. The Hall–Kier alpha value is -0.970. The highest BCUT2D eigenvalue weighted by atomic mass is 79.9. The lowest BCUT2D eigenvalue weighted by Crippen LogP contribution is -2.24. The SMILES string of the molecule is O=C1CC(CBr)CN1c1ccnnc1. The molecule has 1 aromatic rings. The fourth-order valence-corrected chi connectivity index (χ4v) is 2.01. The van der Waals surface area contributed by atoms with Crippen molar-refractivity contribution in [3.63, 3.8) is 0 Å². The molecule has 14 heavy (non-hydrogen) atoms. The topological polar surface area (TPSA) is 46.1 Å². The number of anilines is 1. The molecule has 5 heteroatoms. The molecule has 4 nitrogen and oxygen atoms in total. The monoisotopic (exact) mass is 255 g/mol. The Kier molecular flexibility index (Phi) is 2.77. The Morgan fingerprint density at radius 2 is 2.43 bits per heavy atom. The van der Waals surface area contributed by atoms with Crippen molar-refractivity contribution in [2.45, 2.75) is 6.42 Å². The summed E-state index contributed by atoms with van der Waals surface area (Å²) < 4.78 is 0. The number of nitrogens with zero attached hydrogens (tertiary/aromatic N) is 3. The van der Waals surface area contributed by atoms with Crippen LogP contribution >= 0.6 is 15.9 Å². The summed E-state index contributed by atoms with van der Waals surface area (Å²) in [6.07, 6.45) is 3.84. The maximum atomic E-state index is 11.6. The number of hydrogen-bond donors (Lipinski definition) is 0. The fraction of sp³-hybridized carbons (Fsp3) is 0.444. The van der Waals surface area contributed by atoms with Crippen molar-refractivity contribution in [2.75, 3.05) is 16.8 Å². The summed E-state index contributed by atoms with van der Waals surface area (Å²) in [5.74, 6) is 0.582. The molecule has 0 aliphatic carbocycles. The molecule has 1 unspecified atom stereocenters. The van der Waals surface area contributed by atoms with Crippen molar-refractivity contribution in [1.82, 2.24) is 10.2 Å². The number of alkyl halides is 1. The van der Waals surface area contributed by atoms with E-state index in [9.17, 15) is 4.79 Å². The van der Waals surface area contributed by atoms with Gasteiger partial charge in [-0.3, -0.25) is 4.79 Å². The molecule has 1 aliphatic rings. The maximum Gasteiger partial charge on any atom is 0.227 e. The molecule has 1 aliphatic heterocycles. The predicted molar refractivity (Wildman–Crippen MR) is 56.3 cm³/mol. The van der Waals surface area contributed by atoms with Crippen LogP contribution in [0.4, 0.5) is 5.69 Å². The van der Waals surface area contributed by atoms with Crippen molar-refractivity contribution < 1.29 is 4.79 Å². The van der Waals surface area contributed by atoms with Gasteiger partial charge in [0.2, 0.25) is 5.91 Å². The first-order chi connectivity index (χ1) is 6.81. The Labute approximate surface area is 90.4 Å². The molecule has 1 aromatic heterocycles. The first-order valence-corrected chi connectivity index (χ1v) is 5.56. The van der Waals surface area contributed by atoms with E-state index < -0.39 is 0 Å². The molecular formula is C9H10BrN3O. The lowest BCUT2D eigenvalue weighted by Gasteiger charge is -2.14. The van der Waals surface area contributed by atoms with Gasteiger partial charge in [0, 0.05) is 18.3 Å². The van der Waals surface area contributed by atoms with Gasteiger partial charge in [-0.25, -0.2) is 0 Å². The number of rotatable bonds is 2. The van der Waals surface area contributed by atoms with Crippen molar-refractivity contribution in [3.8, 4) is 0 Å². The van der Waals surface area contributed by atoms with E-state index in [4.69, 9.17) is 0 Å². The Morgan fingerprint density at radius 3 is 3.00 bits per heavy atom. The maximum absolute atomic E-state index is 11.6. The third-order valence-electron chi connectivity index (χ3n) is 2.30. The molecule has 0 radical (unpaired) electrons. The van der Waals surface area contributed by atoms with Crippen LogP contribution in [0.5, 0.6) is 0 Å². The first-order valence-electron chi connectivity index (χ1n) is 4.44. The summed E-state index contributed by atoms with van der Waals surface area (Å²) in [5, 5.41) is 8.31. The highest BCUT2D eigenvalue weighted by Gasteiger charge is 2.29. The molecule has 1 atom stereocenters. The smallest absolute Gasteiger partial charge is 0.227 e. The predicted octanol–water partition coefficient (Wildman–Crippen LogP) is 1.22. The number of hydrogen-bond acceptors (Lipinski definition) is 3. The summed E-state index contributed by atoms with van der Waals surface area (Å²) in [5.41, 5.74) is 0.841. The van der Waals surface area contributed by atoms with E-state index in [-0.39, 0.29) is 5.91 Å². The van der Waals surface area contributed by atoms with E-state index in [1.807, 2.05) is 6.07 Å². The summed E-state index contributed by atoms with van der Waals surface area (Å²) >= 11 is 3.40. The third-order valence-corrected chi connectivity index (χ3v) is 3.22.